The second-order valence-corrected chi connectivity index (χ2v) is 3.73. The minimum Gasteiger partial charge on any atom is -0.379 e. The van der Waals surface area contributed by atoms with Crippen LogP contribution in [0, 0.1) is 12.8 Å². The van der Waals surface area contributed by atoms with E-state index in [9.17, 15) is 4.79 Å². The molecule has 0 aromatic carbocycles. The number of ether oxygens (including phenoxy) is 1. The average molecular weight is 210 g/mol. The third-order valence-corrected chi connectivity index (χ3v) is 2.42. The first-order valence-corrected chi connectivity index (χ1v) is 4.83. The van der Waals surface area contributed by atoms with Gasteiger partial charge in [0.1, 0.15) is 0 Å². The fourth-order valence-corrected chi connectivity index (χ4v) is 1.54. The largest absolute Gasteiger partial charge is 0.379 e. The van der Waals surface area contributed by atoms with E-state index in [1.165, 1.54) is 0 Å². The molecule has 1 aromatic heterocycles. The number of rotatable bonds is 2. The number of nitrogens with zero attached hydrogens (tertiary/aromatic N) is 1. The van der Waals surface area contributed by atoms with Crippen LogP contribution in [0.5, 0.6) is 0 Å². The number of anilines is 1. The molecule has 82 valence electrons. The summed E-state index contributed by atoms with van der Waals surface area (Å²) in [5.74, 6) is 0.116. The molecular formula is C9H14N4O2. The molecule has 1 saturated heterocycles. The number of aromatic nitrogens is 2. The Morgan fingerprint density at radius 3 is 3.07 bits per heavy atom. The van der Waals surface area contributed by atoms with Crippen molar-refractivity contribution in [2.45, 2.75) is 13.0 Å². The monoisotopic (exact) mass is 210 g/mol. The molecule has 0 bridgehead atoms. The highest BCUT2D eigenvalue weighted by Crippen LogP contribution is 2.14. The van der Waals surface area contributed by atoms with Gasteiger partial charge in [0.05, 0.1) is 19.1 Å². The third-order valence-electron chi connectivity index (χ3n) is 2.42. The lowest BCUT2D eigenvalue weighted by molar-refractivity contribution is -0.120. The van der Waals surface area contributed by atoms with Crippen LogP contribution in [0.3, 0.4) is 0 Å². The molecule has 1 aliphatic rings. The summed E-state index contributed by atoms with van der Waals surface area (Å²) in [5, 5.41) is 9.36. The van der Waals surface area contributed by atoms with E-state index in [1.54, 1.807) is 6.07 Å². The van der Waals surface area contributed by atoms with Gasteiger partial charge in [-0.1, -0.05) is 0 Å². The molecular weight excluding hydrogens is 196 g/mol. The zero-order valence-electron chi connectivity index (χ0n) is 8.49. The number of aromatic amines is 1. The summed E-state index contributed by atoms with van der Waals surface area (Å²) >= 11 is 0. The van der Waals surface area contributed by atoms with Crippen molar-refractivity contribution < 1.29 is 9.53 Å². The van der Waals surface area contributed by atoms with Gasteiger partial charge >= 0.3 is 0 Å². The van der Waals surface area contributed by atoms with E-state index in [0.29, 0.717) is 19.0 Å². The van der Waals surface area contributed by atoms with Gasteiger partial charge in [0.15, 0.2) is 5.82 Å². The van der Waals surface area contributed by atoms with Crippen molar-refractivity contribution in [2.75, 3.05) is 18.5 Å². The first-order chi connectivity index (χ1) is 7.16. The summed E-state index contributed by atoms with van der Waals surface area (Å²) in [7, 11) is 0. The second-order valence-electron chi connectivity index (χ2n) is 3.73. The van der Waals surface area contributed by atoms with Crippen LogP contribution in [0.1, 0.15) is 5.69 Å². The van der Waals surface area contributed by atoms with E-state index in [4.69, 9.17) is 10.5 Å². The van der Waals surface area contributed by atoms with Crippen LogP contribution in [0.15, 0.2) is 6.07 Å². The third kappa shape index (κ3) is 2.16. The lowest BCUT2D eigenvalue weighted by Gasteiger charge is -2.11. The van der Waals surface area contributed by atoms with Crippen molar-refractivity contribution in [1.82, 2.24) is 10.2 Å². The van der Waals surface area contributed by atoms with E-state index in [-0.39, 0.29) is 17.9 Å². The van der Waals surface area contributed by atoms with Crippen molar-refractivity contribution in [1.29, 1.82) is 0 Å². The van der Waals surface area contributed by atoms with Crippen molar-refractivity contribution in [3.63, 3.8) is 0 Å². The molecule has 0 spiro atoms. The predicted octanol–water partition coefficient (Wildman–Crippen LogP) is -0.370. The van der Waals surface area contributed by atoms with Crippen LogP contribution in [0.25, 0.3) is 0 Å². The van der Waals surface area contributed by atoms with Gasteiger partial charge < -0.3 is 15.8 Å². The Morgan fingerprint density at radius 1 is 1.73 bits per heavy atom. The molecule has 0 saturated carbocycles. The molecule has 6 nitrogen and oxygen atoms in total. The smallest absolute Gasteiger partial charge is 0.232 e. The van der Waals surface area contributed by atoms with Gasteiger partial charge in [-0.15, -0.1) is 0 Å². The molecule has 1 aromatic rings. The number of nitrogens with two attached hydrogens (primary N) is 1. The van der Waals surface area contributed by atoms with Crippen LogP contribution < -0.4 is 11.1 Å². The highest BCUT2D eigenvalue weighted by molar-refractivity contribution is 5.92. The quantitative estimate of drug-likeness (QED) is 0.621. The number of hydrogen-bond donors (Lipinski definition) is 3. The molecule has 2 heterocycles. The van der Waals surface area contributed by atoms with Gasteiger partial charge in [-0.3, -0.25) is 9.89 Å². The van der Waals surface area contributed by atoms with E-state index in [1.807, 2.05) is 6.92 Å². The maximum Gasteiger partial charge on any atom is 0.232 e. The molecule has 2 rings (SSSR count). The Balaban J connectivity index is 1.97. The minimum absolute atomic E-state index is 0.133. The molecule has 0 radical (unpaired) electrons. The van der Waals surface area contributed by atoms with Gasteiger partial charge in [0.2, 0.25) is 5.91 Å². The average Bonchev–Trinajstić information content (AvgIpc) is 2.75. The first-order valence-electron chi connectivity index (χ1n) is 4.83. The first kappa shape index (κ1) is 10.1. The van der Waals surface area contributed by atoms with Crippen molar-refractivity contribution in [3.05, 3.63) is 11.8 Å². The van der Waals surface area contributed by atoms with E-state index in [2.05, 4.69) is 15.5 Å². The lowest BCUT2D eigenvalue weighted by Crippen LogP contribution is -2.37. The van der Waals surface area contributed by atoms with Crippen molar-refractivity contribution >= 4 is 11.7 Å². The zero-order chi connectivity index (χ0) is 10.8. The maximum atomic E-state index is 11.7. The molecule has 0 aliphatic carbocycles. The highest BCUT2D eigenvalue weighted by atomic mass is 16.5. The molecule has 1 amide bonds. The Kier molecular flexibility index (Phi) is 2.70. The summed E-state index contributed by atoms with van der Waals surface area (Å²) in [5.41, 5.74) is 6.62. The molecule has 6 heteroatoms. The lowest BCUT2D eigenvalue weighted by atomic mass is 10.0. The Labute approximate surface area is 87.2 Å². The number of amides is 1. The fraction of sp³-hybridized carbons (Fsp3) is 0.556. The van der Waals surface area contributed by atoms with Crippen LogP contribution in [0.4, 0.5) is 5.82 Å². The van der Waals surface area contributed by atoms with Gasteiger partial charge in [0.25, 0.3) is 0 Å². The maximum absolute atomic E-state index is 11.7. The molecule has 1 fully saturated rings. The number of H-pyrrole nitrogens is 1. The number of nitrogens with one attached hydrogen (secondary N) is 2. The van der Waals surface area contributed by atoms with Crippen LogP contribution in [0.2, 0.25) is 0 Å². The second kappa shape index (κ2) is 4.00. The Morgan fingerprint density at radius 2 is 2.53 bits per heavy atom. The summed E-state index contributed by atoms with van der Waals surface area (Å²) < 4.78 is 5.12. The number of carbonyl (C=O) groups is 1. The van der Waals surface area contributed by atoms with Gasteiger partial charge in [-0.05, 0) is 6.92 Å². The number of carbonyl (C=O) groups excluding carboxylic acids is 1. The van der Waals surface area contributed by atoms with Crippen LogP contribution in [-0.2, 0) is 9.53 Å². The topological polar surface area (TPSA) is 93.0 Å². The van der Waals surface area contributed by atoms with Crippen LogP contribution in [-0.4, -0.2) is 35.4 Å². The normalized spacial score (nSPS) is 25.5. The molecule has 4 N–H and O–H groups in total. The fourth-order valence-electron chi connectivity index (χ4n) is 1.54. The van der Waals surface area contributed by atoms with Crippen LogP contribution >= 0.6 is 0 Å². The van der Waals surface area contributed by atoms with Gasteiger partial charge in [-0.2, -0.15) is 5.10 Å². The van der Waals surface area contributed by atoms with E-state index >= 15 is 0 Å². The highest BCUT2D eigenvalue weighted by Gasteiger charge is 2.31. The summed E-state index contributed by atoms with van der Waals surface area (Å²) in [4.78, 5) is 11.7. The summed E-state index contributed by atoms with van der Waals surface area (Å²) in [6, 6.07) is 1.55. The summed E-state index contributed by atoms with van der Waals surface area (Å²) in [6.45, 7) is 2.70. The standard InChI is InChI=1S/C9H14N4O2/c1-5-2-8(13-12-5)11-9(14)6-3-15-4-7(6)10/h2,6-7H,3-4,10H2,1H3,(H2,11,12,13,14). The molecule has 1 aliphatic heterocycles. The predicted molar refractivity (Wildman–Crippen MR) is 54.2 cm³/mol. The molecule has 15 heavy (non-hydrogen) atoms. The van der Waals surface area contributed by atoms with E-state index < -0.39 is 0 Å². The number of aryl methyl sites for hydroxylation is 1. The van der Waals surface area contributed by atoms with Gasteiger partial charge in [-0.25, -0.2) is 0 Å². The Hall–Kier alpha value is -1.40. The van der Waals surface area contributed by atoms with Crippen molar-refractivity contribution in [3.8, 4) is 0 Å². The zero-order valence-corrected chi connectivity index (χ0v) is 8.49. The van der Waals surface area contributed by atoms with E-state index in [0.717, 1.165) is 5.69 Å². The Bertz CT molecular complexity index is 363. The van der Waals surface area contributed by atoms with Crippen molar-refractivity contribution in [2.24, 2.45) is 11.7 Å². The number of hydrogen-bond acceptors (Lipinski definition) is 4. The minimum atomic E-state index is -0.276. The summed E-state index contributed by atoms with van der Waals surface area (Å²) in [6.07, 6.45) is 0. The molecule has 2 atom stereocenters. The van der Waals surface area contributed by atoms with Gasteiger partial charge in [0, 0.05) is 17.8 Å². The SMILES string of the molecule is Cc1cc(NC(=O)C2COCC2N)n[nH]1. The molecule has 2 unspecified atom stereocenters.